The van der Waals surface area contributed by atoms with Crippen LogP contribution in [0.1, 0.15) is 32.1 Å². The van der Waals surface area contributed by atoms with E-state index in [0.29, 0.717) is 11.3 Å². The van der Waals surface area contributed by atoms with Crippen molar-refractivity contribution in [3.63, 3.8) is 0 Å². The Labute approximate surface area is 119 Å². The van der Waals surface area contributed by atoms with Gasteiger partial charge in [-0.25, -0.2) is 0 Å². The Balaban J connectivity index is 1.80. The van der Waals surface area contributed by atoms with Gasteiger partial charge in [0.05, 0.1) is 0 Å². The Bertz CT molecular complexity index is 552. The average Bonchev–Trinajstić information content (AvgIpc) is 2.64. The van der Waals surface area contributed by atoms with Crippen molar-refractivity contribution in [3.05, 3.63) is 42.5 Å². The molecule has 0 heterocycles. The molecule has 2 aromatic carbocycles. The molecule has 2 N–H and O–H groups in total. The van der Waals surface area contributed by atoms with Gasteiger partial charge in [0, 0.05) is 16.2 Å². The van der Waals surface area contributed by atoms with Gasteiger partial charge in [-0.2, -0.15) is 0 Å². The highest BCUT2D eigenvalue weighted by atomic mass is 32.2. The molecule has 1 saturated carbocycles. The highest BCUT2D eigenvalue weighted by molar-refractivity contribution is 8.00. The molecule has 0 spiro atoms. The van der Waals surface area contributed by atoms with Crippen LogP contribution in [-0.2, 0) is 0 Å². The highest BCUT2D eigenvalue weighted by Crippen LogP contribution is 2.33. The zero-order valence-corrected chi connectivity index (χ0v) is 12.0. The number of rotatable bonds is 2. The molecule has 0 saturated heterocycles. The molecule has 1 fully saturated rings. The van der Waals surface area contributed by atoms with Crippen LogP contribution < -0.4 is 5.73 Å². The van der Waals surface area contributed by atoms with Crippen molar-refractivity contribution in [2.75, 3.05) is 0 Å². The topological polar surface area (TPSA) is 26.0 Å². The molecular weight excluding hydrogens is 250 g/mol. The van der Waals surface area contributed by atoms with Crippen molar-refractivity contribution in [1.29, 1.82) is 0 Å². The Morgan fingerprint density at radius 3 is 2.58 bits per heavy atom. The van der Waals surface area contributed by atoms with Gasteiger partial charge in [0.25, 0.3) is 0 Å². The van der Waals surface area contributed by atoms with Crippen LogP contribution in [0.15, 0.2) is 47.4 Å². The molecule has 0 radical (unpaired) electrons. The third-order valence-electron chi connectivity index (χ3n) is 4.01. The Kier molecular flexibility index (Phi) is 4.09. The molecule has 3 rings (SSSR count). The molecule has 0 bridgehead atoms. The first-order valence-corrected chi connectivity index (χ1v) is 8.12. The summed E-state index contributed by atoms with van der Waals surface area (Å²) in [4.78, 5) is 1.36. The van der Waals surface area contributed by atoms with Crippen molar-refractivity contribution >= 4 is 22.5 Å². The summed E-state index contributed by atoms with van der Waals surface area (Å²) in [5, 5.41) is 3.23. The summed E-state index contributed by atoms with van der Waals surface area (Å²) < 4.78 is 0. The quantitative estimate of drug-likeness (QED) is 0.808. The molecule has 0 aromatic heterocycles. The van der Waals surface area contributed by atoms with Gasteiger partial charge in [-0.15, -0.1) is 11.8 Å². The van der Waals surface area contributed by atoms with E-state index in [0.717, 1.165) is 0 Å². The van der Waals surface area contributed by atoms with E-state index >= 15 is 0 Å². The largest absolute Gasteiger partial charge is 0.327 e. The van der Waals surface area contributed by atoms with Gasteiger partial charge in [-0.1, -0.05) is 49.6 Å². The van der Waals surface area contributed by atoms with Crippen LogP contribution in [0.5, 0.6) is 0 Å². The fraction of sp³-hybridized carbons (Fsp3) is 0.412. The minimum absolute atomic E-state index is 0.360. The van der Waals surface area contributed by atoms with Gasteiger partial charge in [0.1, 0.15) is 0 Å². The second-order valence-corrected chi connectivity index (χ2v) is 6.78. The molecule has 2 aromatic rings. The van der Waals surface area contributed by atoms with E-state index in [1.165, 1.54) is 47.8 Å². The summed E-state index contributed by atoms with van der Waals surface area (Å²) in [5.74, 6) is 0. The standard InChI is InChI=1S/C17H21NS/c18-16-8-2-1-3-9-17(16)19-15-11-10-13-6-4-5-7-14(13)12-15/h4-7,10-12,16-17H,1-3,8-9,18H2. The number of hydrogen-bond donors (Lipinski definition) is 1. The first-order chi connectivity index (χ1) is 9.33. The van der Waals surface area contributed by atoms with Gasteiger partial charge in [-0.3, -0.25) is 0 Å². The van der Waals surface area contributed by atoms with Crippen LogP contribution in [0.3, 0.4) is 0 Å². The molecular formula is C17H21NS. The zero-order valence-electron chi connectivity index (χ0n) is 11.2. The third kappa shape index (κ3) is 3.13. The number of fused-ring (bicyclic) bond motifs is 1. The normalized spacial score (nSPS) is 24.3. The Morgan fingerprint density at radius 2 is 1.68 bits per heavy atom. The molecule has 2 unspecified atom stereocenters. The van der Waals surface area contributed by atoms with Gasteiger partial charge in [-0.05, 0) is 35.7 Å². The maximum atomic E-state index is 6.32. The third-order valence-corrected chi connectivity index (χ3v) is 5.43. The minimum Gasteiger partial charge on any atom is -0.327 e. The van der Waals surface area contributed by atoms with Crippen molar-refractivity contribution in [2.24, 2.45) is 5.73 Å². The summed E-state index contributed by atoms with van der Waals surface area (Å²) >= 11 is 1.98. The second-order valence-electron chi connectivity index (χ2n) is 5.47. The number of benzene rings is 2. The van der Waals surface area contributed by atoms with Crippen LogP contribution in [0.2, 0.25) is 0 Å². The van der Waals surface area contributed by atoms with Crippen molar-refractivity contribution in [2.45, 2.75) is 48.3 Å². The first kappa shape index (κ1) is 13.0. The zero-order chi connectivity index (χ0) is 13.1. The molecule has 100 valence electrons. The summed E-state index contributed by atoms with van der Waals surface area (Å²) in [5.41, 5.74) is 6.32. The SMILES string of the molecule is NC1CCCCCC1Sc1ccc2ccccc2c1. The predicted octanol–water partition coefficient (Wildman–Crippen LogP) is 4.59. The summed E-state index contributed by atoms with van der Waals surface area (Å²) in [6.45, 7) is 0. The molecule has 0 aliphatic heterocycles. The van der Waals surface area contributed by atoms with E-state index in [2.05, 4.69) is 42.5 Å². The smallest absolute Gasteiger partial charge is 0.0246 e. The van der Waals surface area contributed by atoms with Gasteiger partial charge in [0.2, 0.25) is 0 Å². The monoisotopic (exact) mass is 271 g/mol. The maximum absolute atomic E-state index is 6.32. The Morgan fingerprint density at radius 1 is 0.895 bits per heavy atom. The van der Waals surface area contributed by atoms with Crippen molar-refractivity contribution < 1.29 is 0 Å². The van der Waals surface area contributed by atoms with E-state index in [4.69, 9.17) is 5.73 Å². The van der Waals surface area contributed by atoms with Crippen LogP contribution >= 0.6 is 11.8 Å². The Hall–Kier alpha value is -0.990. The maximum Gasteiger partial charge on any atom is 0.0246 e. The van der Waals surface area contributed by atoms with Crippen LogP contribution in [0.4, 0.5) is 0 Å². The van der Waals surface area contributed by atoms with Gasteiger partial charge >= 0.3 is 0 Å². The molecule has 0 amide bonds. The van der Waals surface area contributed by atoms with Gasteiger partial charge in [0.15, 0.2) is 0 Å². The number of hydrogen-bond acceptors (Lipinski definition) is 2. The molecule has 1 aliphatic rings. The lowest BCUT2D eigenvalue weighted by Gasteiger charge is -2.20. The van der Waals surface area contributed by atoms with E-state index in [1.807, 2.05) is 11.8 Å². The first-order valence-electron chi connectivity index (χ1n) is 7.24. The fourth-order valence-corrected chi connectivity index (χ4v) is 4.15. The van der Waals surface area contributed by atoms with Crippen molar-refractivity contribution in [3.8, 4) is 0 Å². The summed E-state index contributed by atoms with van der Waals surface area (Å²) in [7, 11) is 0. The lowest BCUT2D eigenvalue weighted by molar-refractivity contribution is 0.596. The van der Waals surface area contributed by atoms with Crippen molar-refractivity contribution in [1.82, 2.24) is 0 Å². The lowest BCUT2D eigenvalue weighted by Crippen LogP contribution is -2.31. The fourth-order valence-electron chi connectivity index (χ4n) is 2.86. The van der Waals surface area contributed by atoms with Crippen LogP contribution in [0.25, 0.3) is 10.8 Å². The van der Waals surface area contributed by atoms with Gasteiger partial charge < -0.3 is 5.73 Å². The molecule has 19 heavy (non-hydrogen) atoms. The molecule has 1 aliphatic carbocycles. The van der Waals surface area contributed by atoms with Crippen LogP contribution in [-0.4, -0.2) is 11.3 Å². The molecule has 2 heteroatoms. The highest BCUT2D eigenvalue weighted by Gasteiger charge is 2.21. The predicted molar refractivity (Wildman–Crippen MR) is 84.7 cm³/mol. The van der Waals surface area contributed by atoms with E-state index in [-0.39, 0.29) is 0 Å². The second kappa shape index (κ2) is 5.98. The van der Waals surface area contributed by atoms with Crippen LogP contribution in [0, 0.1) is 0 Å². The van der Waals surface area contributed by atoms with E-state index in [1.54, 1.807) is 0 Å². The number of thioether (sulfide) groups is 1. The summed E-state index contributed by atoms with van der Waals surface area (Å²) in [6.07, 6.45) is 6.43. The minimum atomic E-state index is 0.360. The summed E-state index contributed by atoms with van der Waals surface area (Å²) in [6, 6.07) is 15.7. The average molecular weight is 271 g/mol. The van der Waals surface area contributed by atoms with E-state index in [9.17, 15) is 0 Å². The molecule has 2 atom stereocenters. The van der Waals surface area contributed by atoms with E-state index < -0.39 is 0 Å². The number of nitrogens with two attached hydrogens (primary N) is 1. The lowest BCUT2D eigenvalue weighted by atomic mass is 10.1. The molecule has 1 nitrogen and oxygen atoms in total.